The van der Waals surface area contributed by atoms with E-state index in [1.165, 1.54) is 4.31 Å². The van der Waals surface area contributed by atoms with Gasteiger partial charge in [-0.05, 0) is 37.1 Å². The van der Waals surface area contributed by atoms with Crippen molar-refractivity contribution in [2.45, 2.75) is 39.2 Å². The van der Waals surface area contributed by atoms with Crippen LogP contribution in [0.4, 0.5) is 0 Å². The summed E-state index contributed by atoms with van der Waals surface area (Å²) < 4.78 is 36.8. The van der Waals surface area contributed by atoms with Crippen LogP contribution in [0.15, 0.2) is 28.8 Å². The maximum atomic E-state index is 12.1. The maximum absolute atomic E-state index is 12.1. The Morgan fingerprint density at radius 2 is 2.04 bits per heavy atom. The van der Waals surface area contributed by atoms with E-state index >= 15 is 0 Å². The normalized spacial score (nSPS) is 18.6. The van der Waals surface area contributed by atoms with Gasteiger partial charge in [-0.15, -0.1) is 0 Å². The first-order chi connectivity index (χ1) is 12.0. The summed E-state index contributed by atoms with van der Waals surface area (Å²) in [6, 6.07) is 7.45. The highest BCUT2D eigenvalue weighted by Gasteiger charge is 2.31. The Hall–Kier alpha value is -1.93. The van der Waals surface area contributed by atoms with Gasteiger partial charge in [-0.2, -0.15) is 9.29 Å². The minimum Gasteiger partial charge on any atom is -0.489 e. The van der Waals surface area contributed by atoms with Crippen LogP contribution in [0, 0.1) is 0 Å². The van der Waals surface area contributed by atoms with Gasteiger partial charge in [-0.25, -0.2) is 8.42 Å². The van der Waals surface area contributed by atoms with Gasteiger partial charge in [0.05, 0.1) is 12.3 Å². The molecule has 0 aliphatic carbocycles. The van der Waals surface area contributed by atoms with Crippen molar-refractivity contribution in [1.82, 2.24) is 14.4 Å². The first-order valence-corrected chi connectivity index (χ1v) is 10.2. The number of nitrogens with zero attached hydrogens (tertiary/aromatic N) is 3. The zero-order valence-corrected chi connectivity index (χ0v) is 15.3. The molecule has 1 atom stereocenters. The zero-order valence-electron chi connectivity index (χ0n) is 14.5. The third kappa shape index (κ3) is 4.19. The summed E-state index contributed by atoms with van der Waals surface area (Å²) in [6.45, 7) is 4.76. The molecule has 1 aromatic carbocycles. The van der Waals surface area contributed by atoms with Crippen LogP contribution in [0.25, 0.3) is 11.4 Å². The molecule has 1 aliphatic rings. The van der Waals surface area contributed by atoms with E-state index in [9.17, 15) is 8.42 Å². The third-order valence-electron chi connectivity index (χ3n) is 4.15. The van der Waals surface area contributed by atoms with Gasteiger partial charge in [0.2, 0.25) is 21.7 Å². The van der Waals surface area contributed by atoms with Crippen molar-refractivity contribution < 1.29 is 17.7 Å². The van der Waals surface area contributed by atoms with Gasteiger partial charge in [0.1, 0.15) is 11.9 Å². The summed E-state index contributed by atoms with van der Waals surface area (Å²) in [5.41, 5.74) is 0.856. The van der Waals surface area contributed by atoms with E-state index < -0.39 is 10.0 Å². The summed E-state index contributed by atoms with van der Waals surface area (Å²) in [5.74, 6) is 2.07. The summed E-state index contributed by atoms with van der Waals surface area (Å²) in [4.78, 5) is 4.29. The second-order valence-electron chi connectivity index (χ2n) is 6.09. The molecule has 0 spiro atoms. The first-order valence-electron chi connectivity index (χ1n) is 8.59. The Morgan fingerprint density at radius 1 is 1.28 bits per heavy atom. The number of ether oxygens (including phenoxy) is 1. The van der Waals surface area contributed by atoms with E-state index in [4.69, 9.17) is 9.26 Å². The Balaban J connectivity index is 1.61. The lowest BCUT2D eigenvalue weighted by atomic mass is 10.2. The molecule has 7 nitrogen and oxygen atoms in total. The van der Waals surface area contributed by atoms with Crippen LogP contribution in [0.3, 0.4) is 0 Å². The van der Waals surface area contributed by atoms with E-state index in [1.54, 1.807) is 0 Å². The van der Waals surface area contributed by atoms with Crippen molar-refractivity contribution >= 4 is 10.0 Å². The molecule has 3 rings (SSSR count). The lowest BCUT2D eigenvalue weighted by Gasteiger charge is -2.17. The van der Waals surface area contributed by atoms with Crippen molar-refractivity contribution in [2.24, 2.45) is 0 Å². The Bertz CT molecular complexity index is 802. The molecule has 2 heterocycles. The smallest absolute Gasteiger partial charge is 0.226 e. The van der Waals surface area contributed by atoms with Crippen LogP contribution < -0.4 is 4.74 Å². The van der Waals surface area contributed by atoms with E-state index in [0.717, 1.165) is 5.56 Å². The molecule has 0 saturated carbocycles. The SMILES string of the molecule is CCCS(=O)(=O)N1CCC(Oc2ccc(-c3noc(CC)n3)cc2)C1. The van der Waals surface area contributed by atoms with E-state index in [-0.39, 0.29) is 11.9 Å². The second-order valence-corrected chi connectivity index (χ2v) is 8.18. The summed E-state index contributed by atoms with van der Waals surface area (Å²) in [6.07, 6.45) is 1.92. The quantitative estimate of drug-likeness (QED) is 0.749. The Kier molecular flexibility index (Phi) is 5.39. The third-order valence-corrected chi connectivity index (χ3v) is 6.19. The number of hydrogen-bond acceptors (Lipinski definition) is 6. The van der Waals surface area contributed by atoms with Crippen LogP contribution in [0.5, 0.6) is 5.75 Å². The van der Waals surface area contributed by atoms with Crippen molar-refractivity contribution in [1.29, 1.82) is 0 Å². The van der Waals surface area contributed by atoms with Crippen LogP contribution >= 0.6 is 0 Å². The van der Waals surface area contributed by atoms with Gasteiger partial charge >= 0.3 is 0 Å². The predicted octanol–water partition coefficient (Wildman–Crippen LogP) is 2.49. The molecule has 136 valence electrons. The largest absolute Gasteiger partial charge is 0.489 e. The molecule has 1 saturated heterocycles. The molecule has 0 bridgehead atoms. The van der Waals surface area contributed by atoms with Crippen LogP contribution in [-0.2, 0) is 16.4 Å². The summed E-state index contributed by atoms with van der Waals surface area (Å²) >= 11 is 0. The van der Waals surface area contributed by atoms with Crippen molar-refractivity contribution in [3.05, 3.63) is 30.2 Å². The monoisotopic (exact) mass is 365 g/mol. The molecule has 1 unspecified atom stereocenters. The van der Waals surface area contributed by atoms with E-state index in [1.807, 2.05) is 38.1 Å². The molecule has 0 radical (unpaired) electrons. The van der Waals surface area contributed by atoms with Gasteiger partial charge in [-0.3, -0.25) is 0 Å². The number of rotatable bonds is 7. The summed E-state index contributed by atoms with van der Waals surface area (Å²) in [5, 5.41) is 3.94. The fraction of sp³-hybridized carbons (Fsp3) is 0.529. The Labute approximate surface area is 148 Å². The lowest BCUT2D eigenvalue weighted by molar-refractivity contribution is 0.215. The molecule has 25 heavy (non-hydrogen) atoms. The van der Waals surface area contributed by atoms with E-state index in [0.29, 0.717) is 49.8 Å². The minimum absolute atomic E-state index is 0.116. The lowest BCUT2D eigenvalue weighted by Crippen LogP contribution is -2.32. The average molecular weight is 365 g/mol. The molecule has 8 heteroatoms. The van der Waals surface area contributed by atoms with Crippen molar-refractivity contribution in [3.63, 3.8) is 0 Å². The van der Waals surface area contributed by atoms with Crippen LogP contribution in [-0.4, -0.2) is 47.8 Å². The highest BCUT2D eigenvalue weighted by atomic mass is 32.2. The number of hydrogen-bond donors (Lipinski definition) is 0. The van der Waals surface area contributed by atoms with Gasteiger partial charge < -0.3 is 9.26 Å². The van der Waals surface area contributed by atoms with E-state index in [2.05, 4.69) is 10.1 Å². The molecule has 2 aromatic rings. The maximum Gasteiger partial charge on any atom is 0.226 e. The fourth-order valence-corrected chi connectivity index (χ4v) is 4.38. The molecular formula is C17H23N3O4S. The van der Waals surface area contributed by atoms with Crippen LogP contribution in [0.1, 0.15) is 32.6 Å². The molecular weight excluding hydrogens is 342 g/mol. The zero-order chi connectivity index (χ0) is 17.9. The fourth-order valence-electron chi connectivity index (χ4n) is 2.82. The molecule has 0 amide bonds. The van der Waals surface area contributed by atoms with Gasteiger partial charge in [0.25, 0.3) is 0 Å². The highest BCUT2D eigenvalue weighted by molar-refractivity contribution is 7.89. The van der Waals surface area contributed by atoms with Crippen molar-refractivity contribution in [3.8, 4) is 17.1 Å². The number of aryl methyl sites for hydroxylation is 1. The minimum atomic E-state index is -3.15. The standard InChI is InChI=1S/C17H23N3O4S/c1-3-11-25(21,22)20-10-9-15(12-20)23-14-7-5-13(6-8-14)17-18-16(4-2)24-19-17/h5-8,15H,3-4,9-12H2,1-2H3. The van der Waals surface area contributed by atoms with Crippen LogP contribution in [0.2, 0.25) is 0 Å². The topological polar surface area (TPSA) is 85.5 Å². The first kappa shape index (κ1) is 17.9. The molecule has 0 N–H and O–H groups in total. The van der Waals surface area contributed by atoms with Gasteiger partial charge in [-0.1, -0.05) is 19.0 Å². The van der Waals surface area contributed by atoms with Gasteiger partial charge in [0, 0.05) is 18.5 Å². The molecule has 1 aromatic heterocycles. The summed E-state index contributed by atoms with van der Waals surface area (Å²) in [7, 11) is -3.15. The number of benzene rings is 1. The van der Waals surface area contributed by atoms with Crippen molar-refractivity contribution in [2.75, 3.05) is 18.8 Å². The number of aromatic nitrogens is 2. The second kappa shape index (κ2) is 7.53. The molecule has 1 fully saturated rings. The predicted molar refractivity (Wildman–Crippen MR) is 93.8 cm³/mol. The highest BCUT2D eigenvalue weighted by Crippen LogP contribution is 2.24. The Morgan fingerprint density at radius 3 is 2.68 bits per heavy atom. The molecule has 1 aliphatic heterocycles. The average Bonchev–Trinajstić information content (AvgIpc) is 3.25. The number of sulfonamides is 1. The van der Waals surface area contributed by atoms with Gasteiger partial charge in [0.15, 0.2) is 0 Å².